The molecule has 3 rings (SSSR count). The van der Waals surface area contributed by atoms with Crippen LogP contribution in [0.3, 0.4) is 0 Å². The number of carbonyl (C=O) groups is 1. The van der Waals surface area contributed by atoms with Gasteiger partial charge >= 0.3 is 0 Å². The van der Waals surface area contributed by atoms with Gasteiger partial charge in [-0.25, -0.2) is 4.98 Å². The number of amides is 1. The van der Waals surface area contributed by atoms with Crippen LogP contribution in [-0.2, 0) is 17.6 Å². The molecule has 1 amide bonds. The van der Waals surface area contributed by atoms with E-state index in [0.717, 1.165) is 55.7 Å². The Bertz CT molecular complexity index is 773. The minimum absolute atomic E-state index is 0.0718. The number of aryl methyl sites for hydroxylation is 2. The third kappa shape index (κ3) is 5.18. The molecule has 0 atom stereocenters. The van der Waals surface area contributed by atoms with E-state index in [1.807, 2.05) is 30.3 Å². The van der Waals surface area contributed by atoms with Gasteiger partial charge in [0, 0.05) is 30.5 Å². The second kappa shape index (κ2) is 9.35. The Labute approximate surface area is 161 Å². The zero-order valence-corrected chi connectivity index (χ0v) is 16.2. The van der Waals surface area contributed by atoms with Crippen molar-refractivity contribution < 1.29 is 9.53 Å². The summed E-state index contributed by atoms with van der Waals surface area (Å²) in [5.74, 6) is 0.981. The summed E-state index contributed by atoms with van der Waals surface area (Å²) in [5, 5.41) is 2.92. The molecule has 1 aliphatic rings. The van der Waals surface area contributed by atoms with Gasteiger partial charge in [0.2, 0.25) is 11.8 Å². The molecule has 2 aromatic rings. The van der Waals surface area contributed by atoms with E-state index in [1.165, 1.54) is 6.42 Å². The summed E-state index contributed by atoms with van der Waals surface area (Å²) >= 11 is 0. The average Bonchev–Trinajstić information content (AvgIpc) is 2.73. The monoisotopic (exact) mass is 368 g/mol. The molecule has 0 radical (unpaired) electrons. The molecule has 0 saturated carbocycles. The molecule has 0 aliphatic carbocycles. The molecule has 1 N–H and O–H groups in total. The molecule has 0 unspecified atom stereocenters. The Morgan fingerprint density at radius 1 is 1.11 bits per heavy atom. The summed E-state index contributed by atoms with van der Waals surface area (Å²) < 4.78 is 5.70. The summed E-state index contributed by atoms with van der Waals surface area (Å²) in [6.07, 6.45) is 5.25. The fraction of sp³-hybridized carbons (Fsp3) is 0.476. The highest BCUT2D eigenvalue weighted by Crippen LogP contribution is 2.20. The van der Waals surface area contributed by atoms with Crippen molar-refractivity contribution in [2.45, 2.75) is 46.0 Å². The number of benzene rings is 1. The molecule has 144 valence electrons. The quantitative estimate of drug-likeness (QED) is 0.809. The minimum atomic E-state index is -0.188. The van der Waals surface area contributed by atoms with Gasteiger partial charge in [-0.15, -0.1) is 0 Å². The van der Waals surface area contributed by atoms with Crippen LogP contribution in [0.1, 0.15) is 44.4 Å². The number of aromatic nitrogens is 2. The third-order valence-electron chi connectivity index (χ3n) is 4.77. The van der Waals surface area contributed by atoms with Gasteiger partial charge in [-0.3, -0.25) is 4.79 Å². The van der Waals surface area contributed by atoms with Crippen molar-refractivity contribution >= 4 is 17.5 Å². The normalized spacial score (nSPS) is 14.1. The number of rotatable bonds is 7. The van der Waals surface area contributed by atoms with Gasteiger partial charge in [0.15, 0.2) is 6.61 Å². The fourth-order valence-electron chi connectivity index (χ4n) is 3.23. The Morgan fingerprint density at radius 3 is 2.63 bits per heavy atom. The largest absolute Gasteiger partial charge is 0.467 e. The lowest BCUT2D eigenvalue weighted by Gasteiger charge is -2.27. The summed E-state index contributed by atoms with van der Waals surface area (Å²) in [6.45, 7) is 6.00. The molecule has 1 aromatic heterocycles. The first kappa shape index (κ1) is 19.1. The number of ether oxygens (including phenoxy) is 1. The SMILES string of the molecule is CCc1cc(OCC(=O)Nc2ccccc2CC)nc(N2CCCCC2)n1. The van der Waals surface area contributed by atoms with Gasteiger partial charge < -0.3 is 15.0 Å². The van der Waals surface area contributed by atoms with E-state index in [4.69, 9.17) is 4.74 Å². The molecule has 0 bridgehead atoms. The summed E-state index contributed by atoms with van der Waals surface area (Å²) in [5.41, 5.74) is 2.87. The van der Waals surface area contributed by atoms with E-state index in [0.29, 0.717) is 11.8 Å². The second-order valence-electron chi connectivity index (χ2n) is 6.75. The van der Waals surface area contributed by atoms with Crippen LogP contribution >= 0.6 is 0 Å². The second-order valence-corrected chi connectivity index (χ2v) is 6.75. The van der Waals surface area contributed by atoms with Gasteiger partial charge in [0.05, 0.1) is 0 Å². The Kier molecular flexibility index (Phi) is 6.63. The van der Waals surface area contributed by atoms with Crippen LogP contribution < -0.4 is 15.0 Å². The highest BCUT2D eigenvalue weighted by molar-refractivity contribution is 5.92. The zero-order valence-electron chi connectivity index (χ0n) is 16.2. The lowest BCUT2D eigenvalue weighted by Crippen LogP contribution is -2.31. The molecule has 1 aliphatic heterocycles. The van der Waals surface area contributed by atoms with E-state index in [9.17, 15) is 4.79 Å². The molecule has 2 heterocycles. The number of carbonyl (C=O) groups excluding carboxylic acids is 1. The van der Waals surface area contributed by atoms with Gasteiger partial charge in [0.25, 0.3) is 5.91 Å². The van der Waals surface area contributed by atoms with Crippen LogP contribution in [0.5, 0.6) is 5.88 Å². The van der Waals surface area contributed by atoms with E-state index >= 15 is 0 Å². The number of para-hydroxylation sites is 1. The molecule has 1 fully saturated rings. The van der Waals surface area contributed by atoms with E-state index in [2.05, 4.69) is 34.0 Å². The fourth-order valence-corrected chi connectivity index (χ4v) is 3.23. The van der Waals surface area contributed by atoms with Crippen LogP contribution in [0.2, 0.25) is 0 Å². The Hall–Kier alpha value is -2.63. The number of nitrogens with one attached hydrogen (secondary N) is 1. The van der Waals surface area contributed by atoms with Crippen LogP contribution in [0.4, 0.5) is 11.6 Å². The number of hydrogen-bond donors (Lipinski definition) is 1. The van der Waals surface area contributed by atoms with Crippen molar-refractivity contribution in [3.63, 3.8) is 0 Å². The molecule has 27 heavy (non-hydrogen) atoms. The zero-order chi connectivity index (χ0) is 19.1. The van der Waals surface area contributed by atoms with Gasteiger partial charge in [-0.2, -0.15) is 4.98 Å². The standard InChI is InChI=1S/C21H28N4O2/c1-3-16-10-6-7-11-18(16)23-19(26)15-27-20-14-17(4-2)22-21(24-20)25-12-8-5-9-13-25/h6-7,10-11,14H,3-5,8-9,12-13,15H2,1-2H3,(H,23,26). The lowest BCUT2D eigenvalue weighted by molar-refractivity contribution is -0.118. The van der Waals surface area contributed by atoms with Crippen molar-refractivity contribution in [1.29, 1.82) is 0 Å². The maximum absolute atomic E-state index is 12.3. The molecule has 6 nitrogen and oxygen atoms in total. The lowest BCUT2D eigenvalue weighted by atomic mass is 10.1. The van der Waals surface area contributed by atoms with E-state index in [-0.39, 0.29) is 12.5 Å². The predicted octanol–water partition coefficient (Wildman–Crippen LogP) is 3.61. The first-order valence-corrected chi connectivity index (χ1v) is 9.83. The highest BCUT2D eigenvalue weighted by Gasteiger charge is 2.16. The van der Waals surface area contributed by atoms with Gasteiger partial charge in [-0.1, -0.05) is 32.0 Å². The van der Waals surface area contributed by atoms with Crippen molar-refractivity contribution in [1.82, 2.24) is 9.97 Å². The predicted molar refractivity (Wildman–Crippen MR) is 107 cm³/mol. The van der Waals surface area contributed by atoms with Crippen molar-refractivity contribution in [3.05, 3.63) is 41.6 Å². The van der Waals surface area contributed by atoms with Crippen LogP contribution in [0.15, 0.2) is 30.3 Å². The molecule has 6 heteroatoms. The van der Waals surface area contributed by atoms with E-state index < -0.39 is 0 Å². The number of anilines is 2. The number of piperidine rings is 1. The molecular weight excluding hydrogens is 340 g/mol. The Balaban J connectivity index is 1.65. The minimum Gasteiger partial charge on any atom is -0.467 e. The van der Waals surface area contributed by atoms with Crippen molar-refractivity contribution in [3.8, 4) is 5.88 Å². The topological polar surface area (TPSA) is 67.3 Å². The molecule has 1 saturated heterocycles. The Morgan fingerprint density at radius 2 is 1.89 bits per heavy atom. The maximum Gasteiger partial charge on any atom is 0.262 e. The molecule has 1 aromatic carbocycles. The summed E-state index contributed by atoms with van der Waals surface area (Å²) in [4.78, 5) is 23.7. The van der Waals surface area contributed by atoms with Crippen LogP contribution in [-0.4, -0.2) is 35.6 Å². The number of nitrogens with zero attached hydrogens (tertiary/aromatic N) is 3. The highest BCUT2D eigenvalue weighted by atomic mass is 16.5. The first-order chi connectivity index (χ1) is 13.2. The first-order valence-electron chi connectivity index (χ1n) is 9.83. The molecule has 0 spiro atoms. The van der Waals surface area contributed by atoms with Crippen LogP contribution in [0, 0.1) is 0 Å². The van der Waals surface area contributed by atoms with Gasteiger partial charge in [-0.05, 0) is 43.7 Å². The maximum atomic E-state index is 12.3. The third-order valence-corrected chi connectivity index (χ3v) is 4.77. The average molecular weight is 368 g/mol. The number of hydrogen-bond acceptors (Lipinski definition) is 5. The molecular formula is C21H28N4O2. The van der Waals surface area contributed by atoms with Crippen molar-refractivity contribution in [2.75, 3.05) is 29.9 Å². The van der Waals surface area contributed by atoms with Crippen LogP contribution in [0.25, 0.3) is 0 Å². The summed E-state index contributed by atoms with van der Waals surface area (Å²) in [7, 11) is 0. The van der Waals surface area contributed by atoms with E-state index in [1.54, 1.807) is 0 Å². The smallest absolute Gasteiger partial charge is 0.262 e. The summed E-state index contributed by atoms with van der Waals surface area (Å²) in [6, 6.07) is 9.63. The van der Waals surface area contributed by atoms with Crippen molar-refractivity contribution in [2.24, 2.45) is 0 Å². The van der Waals surface area contributed by atoms with Gasteiger partial charge in [0.1, 0.15) is 0 Å².